The summed E-state index contributed by atoms with van der Waals surface area (Å²) >= 11 is 0. The highest BCUT2D eigenvalue weighted by Crippen LogP contribution is 2.34. The highest BCUT2D eigenvalue weighted by atomic mass is 15.1. The minimum Gasteiger partial charge on any atom is -0.316 e. The fraction of sp³-hybridized carbons (Fsp3) is 0.867. The summed E-state index contributed by atoms with van der Waals surface area (Å²) in [5.41, 5.74) is 0.500. The van der Waals surface area contributed by atoms with Gasteiger partial charge in [0.25, 0.3) is 0 Å². The van der Waals surface area contributed by atoms with Gasteiger partial charge in [-0.3, -0.25) is 4.90 Å². The van der Waals surface area contributed by atoms with Crippen LogP contribution >= 0.6 is 0 Å². The van der Waals surface area contributed by atoms with E-state index in [0.717, 1.165) is 12.5 Å². The molecule has 2 fully saturated rings. The zero-order valence-electron chi connectivity index (χ0n) is 11.2. The van der Waals surface area contributed by atoms with Crippen molar-refractivity contribution in [3.8, 4) is 12.3 Å². The summed E-state index contributed by atoms with van der Waals surface area (Å²) in [4.78, 5) is 2.53. The van der Waals surface area contributed by atoms with E-state index in [1.807, 2.05) is 0 Å². The van der Waals surface area contributed by atoms with Crippen molar-refractivity contribution in [2.75, 3.05) is 32.7 Å². The number of rotatable bonds is 7. The Labute approximate surface area is 106 Å². The molecule has 1 atom stereocenters. The summed E-state index contributed by atoms with van der Waals surface area (Å²) in [6.07, 6.45) is 12.3. The van der Waals surface area contributed by atoms with E-state index in [1.165, 1.54) is 58.3 Å². The normalized spacial score (nSPS) is 28.5. The Morgan fingerprint density at radius 1 is 1.47 bits per heavy atom. The van der Waals surface area contributed by atoms with Gasteiger partial charge in [-0.2, -0.15) is 0 Å². The zero-order valence-corrected chi connectivity index (χ0v) is 11.2. The summed E-state index contributed by atoms with van der Waals surface area (Å²) in [6.45, 7) is 7.94. The average Bonchev–Trinajstić information content (AvgIpc) is 2.99. The van der Waals surface area contributed by atoms with Crippen molar-refractivity contribution >= 4 is 0 Å². The smallest absolute Gasteiger partial charge is 0.0599 e. The Kier molecular flexibility index (Phi) is 4.48. The van der Waals surface area contributed by atoms with E-state index < -0.39 is 0 Å². The van der Waals surface area contributed by atoms with Gasteiger partial charge >= 0.3 is 0 Å². The molecule has 0 amide bonds. The fourth-order valence-electron chi connectivity index (χ4n) is 3.21. The van der Waals surface area contributed by atoms with Crippen molar-refractivity contribution in [1.29, 1.82) is 0 Å². The lowest BCUT2D eigenvalue weighted by Gasteiger charge is -2.34. The van der Waals surface area contributed by atoms with E-state index in [4.69, 9.17) is 6.42 Å². The summed E-state index contributed by atoms with van der Waals surface area (Å²) in [7, 11) is 0. The van der Waals surface area contributed by atoms with Gasteiger partial charge in [-0.05, 0) is 43.6 Å². The van der Waals surface area contributed by atoms with Gasteiger partial charge in [-0.1, -0.05) is 19.3 Å². The molecule has 1 N–H and O–H groups in total. The van der Waals surface area contributed by atoms with Crippen molar-refractivity contribution in [2.24, 2.45) is 11.3 Å². The Balaban J connectivity index is 1.90. The highest BCUT2D eigenvalue weighted by molar-refractivity contribution is 4.95. The fourth-order valence-corrected chi connectivity index (χ4v) is 3.21. The molecule has 17 heavy (non-hydrogen) atoms. The maximum atomic E-state index is 5.51. The lowest BCUT2D eigenvalue weighted by molar-refractivity contribution is 0.161. The Hall–Kier alpha value is -0.520. The molecule has 2 aliphatic rings. The van der Waals surface area contributed by atoms with E-state index in [2.05, 4.69) is 23.1 Å². The Bertz CT molecular complexity index is 269. The van der Waals surface area contributed by atoms with Crippen molar-refractivity contribution < 1.29 is 0 Å². The quantitative estimate of drug-likeness (QED) is 0.679. The monoisotopic (exact) mass is 234 g/mol. The topological polar surface area (TPSA) is 15.3 Å². The number of terminal acetylenes is 1. The predicted octanol–water partition coefficient (Wildman–Crippen LogP) is 2.11. The molecule has 0 radical (unpaired) electrons. The van der Waals surface area contributed by atoms with Gasteiger partial charge in [0.1, 0.15) is 0 Å². The summed E-state index contributed by atoms with van der Waals surface area (Å²) in [5.74, 6) is 3.78. The maximum absolute atomic E-state index is 5.51. The van der Waals surface area contributed by atoms with Gasteiger partial charge in [0.15, 0.2) is 0 Å². The molecule has 1 unspecified atom stereocenters. The van der Waals surface area contributed by atoms with E-state index in [1.54, 1.807) is 0 Å². The van der Waals surface area contributed by atoms with Gasteiger partial charge in [-0.15, -0.1) is 6.42 Å². The molecule has 0 aromatic rings. The number of hydrogen-bond acceptors (Lipinski definition) is 2. The van der Waals surface area contributed by atoms with Crippen LogP contribution in [-0.2, 0) is 0 Å². The molecule has 1 aliphatic heterocycles. The molecule has 0 spiro atoms. The predicted molar refractivity (Wildman–Crippen MR) is 72.8 cm³/mol. The lowest BCUT2D eigenvalue weighted by Crippen LogP contribution is -2.40. The number of hydrogen-bond donors (Lipinski definition) is 1. The first-order valence-electron chi connectivity index (χ1n) is 7.14. The van der Waals surface area contributed by atoms with Crippen molar-refractivity contribution in [1.82, 2.24) is 10.2 Å². The second-order valence-electron chi connectivity index (χ2n) is 5.99. The molecule has 1 aliphatic carbocycles. The van der Waals surface area contributed by atoms with Crippen LogP contribution in [0.15, 0.2) is 0 Å². The average molecular weight is 234 g/mol. The second-order valence-corrected chi connectivity index (χ2v) is 5.99. The molecule has 96 valence electrons. The highest BCUT2D eigenvalue weighted by Gasteiger charge is 2.35. The van der Waals surface area contributed by atoms with Gasteiger partial charge in [0.05, 0.1) is 6.54 Å². The third kappa shape index (κ3) is 3.72. The first-order chi connectivity index (χ1) is 8.28. The molecule has 0 aromatic heterocycles. The second kappa shape index (κ2) is 5.89. The first kappa shape index (κ1) is 12.9. The minimum absolute atomic E-state index is 0.500. The third-order valence-corrected chi connectivity index (χ3v) is 4.20. The molecule has 0 bridgehead atoms. The van der Waals surface area contributed by atoms with Gasteiger partial charge in [-0.25, -0.2) is 0 Å². The molecule has 1 saturated heterocycles. The molecule has 1 heterocycles. The summed E-state index contributed by atoms with van der Waals surface area (Å²) in [6, 6.07) is 0. The van der Waals surface area contributed by atoms with E-state index >= 15 is 0 Å². The molecule has 0 aromatic carbocycles. The summed E-state index contributed by atoms with van der Waals surface area (Å²) in [5, 5.41) is 3.54. The van der Waals surface area contributed by atoms with E-state index in [-0.39, 0.29) is 0 Å². The lowest BCUT2D eigenvalue weighted by atomic mass is 9.82. The van der Waals surface area contributed by atoms with Crippen LogP contribution < -0.4 is 5.32 Å². The van der Waals surface area contributed by atoms with Crippen LogP contribution in [0, 0.1) is 23.7 Å². The zero-order chi connectivity index (χ0) is 12.1. The molecule has 2 rings (SSSR count). The molecule has 2 heteroatoms. The first-order valence-corrected chi connectivity index (χ1v) is 7.14. The molecule has 2 nitrogen and oxygen atoms in total. The maximum Gasteiger partial charge on any atom is 0.0599 e. The molecular weight excluding hydrogens is 208 g/mol. The van der Waals surface area contributed by atoms with Crippen LogP contribution in [0.25, 0.3) is 0 Å². The van der Waals surface area contributed by atoms with Crippen LogP contribution in [0.2, 0.25) is 0 Å². The molecular formula is C15H26N2. The van der Waals surface area contributed by atoms with Gasteiger partial charge in [0.2, 0.25) is 0 Å². The summed E-state index contributed by atoms with van der Waals surface area (Å²) < 4.78 is 0. The van der Waals surface area contributed by atoms with Gasteiger partial charge < -0.3 is 5.32 Å². The van der Waals surface area contributed by atoms with Crippen LogP contribution in [0.3, 0.4) is 0 Å². The minimum atomic E-state index is 0.500. The molecule has 1 saturated carbocycles. The van der Waals surface area contributed by atoms with E-state index in [0.29, 0.717) is 5.41 Å². The van der Waals surface area contributed by atoms with Gasteiger partial charge in [0, 0.05) is 19.6 Å². The largest absolute Gasteiger partial charge is 0.316 e. The van der Waals surface area contributed by atoms with Crippen molar-refractivity contribution in [3.63, 3.8) is 0 Å². The van der Waals surface area contributed by atoms with Crippen LogP contribution in [0.1, 0.15) is 39.0 Å². The standard InChI is InChI=1S/C15H26N2/c1-3-7-15(8-9-16-12-15)13-17(10-4-2)11-14-5-6-14/h2,14,16H,3,5-13H2,1H3. The Morgan fingerprint density at radius 3 is 2.82 bits per heavy atom. The Morgan fingerprint density at radius 2 is 2.29 bits per heavy atom. The number of nitrogens with zero attached hydrogens (tertiary/aromatic N) is 1. The van der Waals surface area contributed by atoms with E-state index in [9.17, 15) is 0 Å². The SMILES string of the molecule is C#CCN(CC1CC1)CC1(CCC)CCNC1. The number of nitrogens with one attached hydrogen (secondary N) is 1. The van der Waals surface area contributed by atoms with Crippen LogP contribution in [0.4, 0.5) is 0 Å². The third-order valence-electron chi connectivity index (χ3n) is 4.20. The van der Waals surface area contributed by atoms with Crippen LogP contribution in [-0.4, -0.2) is 37.6 Å². The van der Waals surface area contributed by atoms with Crippen LogP contribution in [0.5, 0.6) is 0 Å². The van der Waals surface area contributed by atoms with Crippen molar-refractivity contribution in [2.45, 2.75) is 39.0 Å². The van der Waals surface area contributed by atoms with Crippen molar-refractivity contribution in [3.05, 3.63) is 0 Å².